The lowest BCUT2D eigenvalue weighted by molar-refractivity contribution is 0.0642. The molecule has 2 aromatic carbocycles. The lowest BCUT2D eigenvalue weighted by Crippen LogP contribution is -2.29. The molecule has 0 aliphatic carbocycles. The van der Waals surface area contributed by atoms with Gasteiger partial charge in [0.05, 0.1) is 22.1 Å². The zero-order chi connectivity index (χ0) is 15.7. The molecule has 4 nitrogen and oxygen atoms in total. The number of alkyl halides is 1. The van der Waals surface area contributed by atoms with Crippen molar-refractivity contribution < 1.29 is 14.4 Å². The second kappa shape index (κ2) is 6.00. The zero-order valence-corrected chi connectivity index (χ0v) is 13.7. The summed E-state index contributed by atoms with van der Waals surface area (Å²) in [6.45, 7) is 0.213. The van der Waals surface area contributed by atoms with Gasteiger partial charge in [-0.05, 0) is 17.7 Å². The van der Waals surface area contributed by atoms with Crippen LogP contribution in [0.4, 0.5) is 0 Å². The van der Waals surface area contributed by atoms with Crippen LogP contribution >= 0.6 is 22.6 Å². The fourth-order valence-corrected chi connectivity index (χ4v) is 2.88. The highest BCUT2D eigenvalue weighted by atomic mass is 127. The van der Waals surface area contributed by atoms with Gasteiger partial charge in [0.15, 0.2) is 5.78 Å². The van der Waals surface area contributed by atoms with Gasteiger partial charge in [-0.3, -0.25) is 19.3 Å². The minimum absolute atomic E-state index is 0.0629. The van der Waals surface area contributed by atoms with Gasteiger partial charge < -0.3 is 0 Å². The molecular formula is C17H12INO3. The van der Waals surface area contributed by atoms with Gasteiger partial charge in [0.25, 0.3) is 11.8 Å². The van der Waals surface area contributed by atoms with Gasteiger partial charge in [0.1, 0.15) is 0 Å². The van der Waals surface area contributed by atoms with Gasteiger partial charge in [0.2, 0.25) is 0 Å². The molecule has 0 aromatic heterocycles. The van der Waals surface area contributed by atoms with Crippen molar-refractivity contribution >= 4 is 40.2 Å². The van der Waals surface area contributed by atoms with E-state index in [1.807, 2.05) is 22.6 Å². The van der Waals surface area contributed by atoms with Crippen LogP contribution in [0.2, 0.25) is 0 Å². The Morgan fingerprint density at radius 1 is 0.909 bits per heavy atom. The van der Waals surface area contributed by atoms with Gasteiger partial charge >= 0.3 is 0 Å². The molecule has 0 atom stereocenters. The maximum atomic E-state index is 12.3. The number of hydrogen-bond donors (Lipinski definition) is 0. The number of fused-ring (bicyclic) bond motifs is 1. The second-order valence-electron chi connectivity index (χ2n) is 5.00. The minimum Gasteiger partial charge on any atom is -0.293 e. The minimum atomic E-state index is -0.270. The molecule has 0 fully saturated rings. The van der Waals surface area contributed by atoms with Crippen LogP contribution in [0.15, 0.2) is 48.5 Å². The van der Waals surface area contributed by atoms with E-state index in [4.69, 9.17) is 0 Å². The van der Waals surface area contributed by atoms with Crippen LogP contribution in [0.5, 0.6) is 0 Å². The Balaban J connectivity index is 1.81. The molecule has 0 radical (unpaired) electrons. The Morgan fingerprint density at radius 3 is 1.95 bits per heavy atom. The predicted molar refractivity (Wildman–Crippen MR) is 90.3 cm³/mol. The smallest absolute Gasteiger partial charge is 0.261 e. The molecule has 0 saturated heterocycles. The highest BCUT2D eigenvalue weighted by Gasteiger charge is 2.34. The normalized spacial score (nSPS) is 13.4. The van der Waals surface area contributed by atoms with Crippen LogP contribution in [-0.4, -0.2) is 26.9 Å². The fraction of sp³-hybridized carbons (Fsp3) is 0.118. The lowest BCUT2D eigenvalue weighted by atomic mass is 10.1. The number of hydrogen-bond acceptors (Lipinski definition) is 3. The van der Waals surface area contributed by atoms with Crippen molar-refractivity contribution in [1.29, 1.82) is 0 Å². The number of halogens is 1. The van der Waals surface area contributed by atoms with Gasteiger partial charge in [-0.1, -0.05) is 59.0 Å². The molecule has 0 bridgehead atoms. The summed E-state index contributed by atoms with van der Waals surface area (Å²) in [5.41, 5.74) is 2.36. The summed E-state index contributed by atoms with van der Waals surface area (Å²) in [5.74, 6) is -0.478. The summed E-state index contributed by atoms with van der Waals surface area (Å²) in [6, 6.07) is 13.8. The van der Waals surface area contributed by atoms with Crippen LogP contribution < -0.4 is 0 Å². The van der Waals surface area contributed by atoms with Crippen LogP contribution in [0.25, 0.3) is 0 Å². The number of imide groups is 1. The largest absolute Gasteiger partial charge is 0.293 e. The average Bonchev–Trinajstić information content (AvgIpc) is 2.80. The summed E-state index contributed by atoms with van der Waals surface area (Å²) >= 11 is 2.02. The molecule has 1 aliphatic heterocycles. The van der Waals surface area contributed by atoms with Crippen LogP contribution in [0.1, 0.15) is 36.6 Å². The highest BCUT2D eigenvalue weighted by molar-refractivity contribution is 14.1. The Morgan fingerprint density at radius 2 is 1.45 bits per heavy atom. The quantitative estimate of drug-likeness (QED) is 0.340. The summed E-state index contributed by atoms with van der Waals surface area (Å²) < 4.78 is 0.426. The number of carbonyl (C=O) groups excluding carboxylic acids is 3. The van der Waals surface area contributed by atoms with Crippen molar-refractivity contribution in [2.45, 2.75) is 6.54 Å². The molecule has 0 saturated carbocycles. The molecule has 5 heteroatoms. The third-order valence-corrected chi connectivity index (χ3v) is 4.31. The summed E-state index contributed by atoms with van der Waals surface area (Å²) in [7, 11) is 0. The number of amides is 2. The highest BCUT2D eigenvalue weighted by Crippen LogP contribution is 2.24. The summed E-state index contributed by atoms with van der Waals surface area (Å²) in [6.07, 6.45) is 0. The fourth-order valence-electron chi connectivity index (χ4n) is 2.44. The molecule has 110 valence electrons. The van der Waals surface area contributed by atoms with E-state index in [2.05, 4.69) is 0 Å². The van der Waals surface area contributed by atoms with Crippen LogP contribution in [0.3, 0.4) is 0 Å². The molecule has 22 heavy (non-hydrogen) atoms. The molecule has 0 N–H and O–H groups in total. The number of benzene rings is 2. The Hall–Kier alpha value is -2.02. The molecule has 0 unspecified atom stereocenters. The van der Waals surface area contributed by atoms with Gasteiger partial charge in [0, 0.05) is 5.56 Å². The molecule has 3 rings (SSSR count). The molecule has 2 aromatic rings. The van der Waals surface area contributed by atoms with Crippen molar-refractivity contribution in [2.75, 3.05) is 4.43 Å². The standard InChI is InChI=1S/C17H12INO3/c18-9-15(20)12-7-5-11(6-8-12)10-19-16(21)13-3-1-2-4-14(13)17(19)22/h1-8H,9-10H2. The average molecular weight is 405 g/mol. The van der Waals surface area contributed by atoms with Gasteiger partial charge in [-0.15, -0.1) is 0 Å². The maximum absolute atomic E-state index is 12.3. The molecule has 0 spiro atoms. The third-order valence-electron chi connectivity index (χ3n) is 3.62. The van der Waals surface area contributed by atoms with Crippen LogP contribution in [-0.2, 0) is 6.54 Å². The number of nitrogens with zero attached hydrogens (tertiary/aromatic N) is 1. The monoisotopic (exact) mass is 405 g/mol. The SMILES string of the molecule is O=C(CI)c1ccc(CN2C(=O)c3ccccc3C2=O)cc1. The molecule has 1 heterocycles. The first-order valence-corrected chi connectivity index (χ1v) is 8.27. The molecule has 1 aliphatic rings. The maximum Gasteiger partial charge on any atom is 0.261 e. The van der Waals surface area contributed by atoms with Gasteiger partial charge in [-0.2, -0.15) is 0 Å². The Kier molecular flexibility index (Phi) is 4.06. The van der Waals surface area contributed by atoms with Crippen molar-refractivity contribution in [2.24, 2.45) is 0 Å². The van der Waals surface area contributed by atoms with E-state index >= 15 is 0 Å². The van der Waals surface area contributed by atoms with Crippen molar-refractivity contribution in [3.63, 3.8) is 0 Å². The van der Waals surface area contributed by atoms with E-state index in [9.17, 15) is 14.4 Å². The van der Waals surface area contributed by atoms with E-state index in [1.54, 1.807) is 48.5 Å². The van der Waals surface area contributed by atoms with E-state index in [-0.39, 0.29) is 24.1 Å². The van der Waals surface area contributed by atoms with E-state index < -0.39 is 0 Å². The van der Waals surface area contributed by atoms with E-state index in [0.29, 0.717) is 21.1 Å². The zero-order valence-electron chi connectivity index (χ0n) is 11.6. The van der Waals surface area contributed by atoms with Gasteiger partial charge in [-0.25, -0.2) is 0 Å². The topological polar surface area (TPSA) is 54.5 Å². The molecule has 2 amide bonds. The number of carbonyl (C=O) groups is 3. The molecular weight excluding hydrogens is 393 g/mol. The number of rotatable bonds is 4. The third kappa shape index (κ3) is 2.56. The lowest BCUT2D eigenvalue weighted by Gasteiger charge is -2.14. The van der Waals surface area contributed by atoms with E-state index in [1.165, 1.54) is 4.90 Å². The van der Waals surface area contributed by atoms with E-state index in [0.717, 1.165) is 5.56 Å². The summed E-state index contributed by atoms with van der Waals surface area (Å²) in [4.78, 5) is 37.4. The first kappa shape index (κ1) is 14.9. The first-order valence-electron chi connectivity index (χ1n) is 6.75. The Bertz CT molecular complexity index is 733. The summed E-state index contributed by atoms with van der Waals surface area (Å²) in [5, 5.41) is 0. The predicted octanol–water partition coefficient (Wildman–Crippen LogP) is 3.10. The van der Waals surface area contributed by atoms with Crippen LogP contribution in [0, 0.1) is 0 Å². The van der Waals surface area contributed by atoms with Crippen molar-refractivity contribution in [3.05, 3.63) is 70.8 Å². The first-order chi connectivity index (χ1) is 10.6. The Labute approximate surface area is 141 Å². The number of Topliss-reactive ketones (excluding diaryl/α,β-unsaturated/α-hetero) is 1. The van der Waals surface area contributed by atoms with Crippen molar-refractivity contribution in [3.8, 4) is 0 Å². The number of ketones is 1. The van der Waals surface area contributed by atoms with Crippen molar-refractivity contribution in [1.82, 2.24) is 4.90 Å². The second-order valence-corrected chi connectivity index (χ2v) is 5.76.